The zero-order valence-corrected chi connectivity index (χ0v) is 16.6. The van der Waals surface area contributed by atoms with Crippen molar-refractivity contribution in [3.8, 4) is 10.6 Å². The number of nitro groups is 1. The third-order valence-corrected chi connectivity index (χ3v) is 5.15. The van der Waals surface area contributed by atoms with Gasteiger partial charge >= 0.3 is 6.18 Å². The molecule has 0 saturated carbocycles. The van der Waals surface area contributed by atoms with Gasteiger partial charge in [0.2, 0.25) is 0 Å². The third-order valence-electron chi connectivity index (χ3n) is 4.08. The number of aromatic nitrogens is 2. The highest BCUT2D eigenvalue weighted by Crippen LogP contribution is 2.43. The molecular weight excluding hydrogens is 447 g/mol. The lowest BCUT2D eigenvalue weighted by atomic mass is 10.2. The highest BCUT2D eigenvalue weighted by atomic mass is 32.1. The Morgan fingerprint density at radius 2 is 1.84 bits per heavy atom. The second-order valence-corrected chi connectivity index (χ2v) is 7.64. The average Bonchev–Trinajstić information content (AvgIpc) is 3.25. The van der Waals surface area contributed by atoms with Crippen LogP contribution >= 0.6 is 11.3 Å². The molecule has 0 atom stereocenters. The molecule has 164 valence electrons. The maximum atomic E-state index is 13.8. The van der Waals surface area contributed by atoms with Crippen LogP contribution in [0.25, 0.3) is 10.6 Å². The molecule has 0 unspecified atom stereocenters. The lowest BCUT2D eigenvalue weighted by molar-refractivity contribution is -0.383. The van der Waals surface area contributed by atoms with Crippen LogP contribution in [0, 0.1) is 21.7 Å². The van der Waals surface area contributed by atoms with E-state index in [1.54, 1.807) is 13.8 Å². The summed E-state index contributed by atoms with van der Waals surface area (Å²) in [6, 6.07) is 3.78. The number of anilines is 1. The molecule has 31 heavy (non-hydrogen) atoms. The summed E-state index contributed by atoms with van der Waals surface area (Å²) in [4.78, 5) is 22.7. The Hall–Kier alpha value is -3.35. The van der Waals surface area contributed by atoms with Crippen LogP contribution in [0.4, 0.5) is 32.6 Å². The van der Waals surface area contributed by atoms with E-state index in [2.05, 4.69) is 10.4 Å². The van der Waals surface area contributed by atoms with Gasteiger partial charge in [-0.15, -0.1) is 11.3 Å². The van der Waals surface area contributed by atoms with Crippen molar-refractivity contribution in [2.45, 2.75) is 26.1 Å². The maximum Gasteiger partial charge on any atom is 0.435 e. The molecule has 0 fully saturated rings. The molecule has 0 radical (unpaired) electrons. The SMILES string of the molecule is CC(C)n1nc(C(F)(F)F)cc1-c1sc(NC(=O)c2c(F)cccc2F)cc1[N+](=O)[O-]. The Labute approximate surface area is 175 Å². The molecule has 7 nitrogen and oxygen atoms in total. The van der Waals surface area contributed by atoms with Crippen molar-refractivity contribution in [3.05, 3.63) is 63.3 Å². The van der Waals surface area contributed by atoms with Crippen LogP contribution in [0.2, 0.25) is 0 Å². The minimum absolute atomic E-state index is 0.181. The number of amides is 1. The summed E-state index contributed by atoms with van der Waals surface area (Å²) in [5.41, 5.74) is -2.91. The second-order valence-electron chi connectivity index (χ2n) is 6.58. The molecule has 0 aliphatic carbocycles. The lowest BCUT2D eigenvalue weighted by Gasteiger charge is -2.09. The van der Waals surface area contributed by atoms with Crippen molar-refractivity contribution in [1.29, 1.82) is 0 Å². The number of rotatable bonds is 5. The Bertz CT molecular complexity index is 1150. The number of carbonyl (C=O) groups excluding carboxylic acids is 1. The molecule has 3 rings (SSSR count). The van der Waals surface area contributed by atoms with Gasteiger partial charge in [-0.25, -0.2) is 8.78 Å². The van der Waals surface area contributed by atoms with Gasteiger partial charge in [0.05, 0.1) is 16.7 Å². The number of hydrogen-bond acceptors (Lipinski definition) is 5. The summed E-state index contributed by atoms with van der Waals surface area (Å²) >= 11 is 0.584. The Balaban J connectivity index is 2.07. The van der Waals surface area contributed by atoms with E-state index in [9.17, 15) is 36.9 Å². The Kier molecular flexibility index (Phi) is 5.81. The van der Waals surface area contributed by atoms with Crippen LogP contribution in [0.15, 0.2) is 30.3 Å². The van der Waals surface area contributed by atoms with Crippen LogP contribution in [0.3, 0.4) is 0 Å². The number of halogens is 5. The van der Waals surface area contributed by atoms with E-state index in [1.807, 2.05) is 0 Å². The van der Waals surface area contributed by atoms with Crippen molar-refractivity contribution in [1.82, 2.24) is 9.78 Å². The molecule has 1 aromatic carbocycles. The molecule has 1 amide bonds. The van der Waals surface area contributed by atoms with Crippen LogP contribution in [0.5, 0.6) is 0 Å². The first-order valence-corrected chi connectivity index (χ1v) is 9.42. The first-order valence-electron chi connectivity index (χ1n) is 8.60. The fraction of sp³-hybridized carbons (Fsp3) is 0.222. The molecule has 1 N–H and O–H groups in total. The van der Waals surface area contributed by atoms with Crippen molar-refractivity contribution in [3.63, 3.8) is 0 Å². The number of benzene rings is 1. The average molecular weight is 460 g/mol. The summed E-state index contributed by atoms with van der Waals surface area (Å²) in [6.07, 6.45) is -4.78. The van der Waals surface area contributed by atoms with Gasteiger partial charge in [-0.3, -0.25) is 19.6 Å². The first-order chi connectivity index (χ1) is 14.4. The normalized spacial score (nSPS) is 11.7. The summed E-state index contributed by atoms with van der Waals surface area (Å²) in [7, 11) is 0. The minimum atomic E-state index is -4.78. The molecule has 0 aliphatic heterocycles. The molecule has 13 heteroatoms. The molecule has 0 aliphatic rings. The molecular formula is C18H13F5N4O3S. The van der Waals surface area contributed by atoms with E-state index < -0.39 is 51.6 Å². The summed E-state index contributed by atoms with van der Waals surface area (Å²) in [5.74, 6) is -3.49. The van der Waals surface area contributed by atoms with Crippen molar-refractivity contribution < 1.29 is 31.7 Å². The van der Waals surface area contributed by atoms with Gasteiger partial charge in [-0.1, -0.05) is 6.07 Å². The summed E-state index contributed by atoms with van der Waals surface area (Å²) in [5, 5.41) is 16.9. The number of alkyl halides is 3. The topological polar surface area (TPSA) is 90.1 Å². The predicted molar refractivity (Wildman–Crippen MR) is 102 cm³/mol. The first kappa shape index (κ1) is 22.3. The van der Waals surface area contributed by atoms with E-state index in [4.69, 9.17) is 0 Å². The Morgan fingerprint density at radius 1 is 1.23 bits per heavy atom. The van der Waals surface area contributed by atoms with Crippen molar-refractivity contribution in [2.24, 2.45) is 0 Å². The highest BCUT2D eigenvalue weighted by Gasteiger charge is 2.37. The van der Waals surface area contributed by atoms with Crippen molar-refractivity contribution >= 4 is 27.9 Å². The highest BCUT2D eigenvalue weighted by molar-refractivity contribution is 7.20. The third kappa shape index (κ3) is 4.40. The zero-order chi connectivity index (χ0) is 23.1. The number of hydrogen-bond donors (Lipinski definition) is 1. The Morgan fingerprint density at radius 3 is 2.35 bits per heavy atom. The van der Waals surface area contributed by atoms with E-state index in [0.717, 1.165) is 28.9 Å². The lowest BCUT2D eigenvalue weighted by Crippen LogP contribution is -2.15. The summed E-state index contributed by atoms with van der Waals surface area (Å²) < 4.78 is 68.0. The van der Waals surface area contributed by atoms with E-state index in [1.165, 1.54) is 0 Å². The molecule has 2 aromatic heterocycles. The molecule has 3 aromatic rings. The summed E-state index contributed by atoms with van der Waals surface area (Å²) in [6.45, 7) is 3.08. The quantitative estimate of drug-likeness (QED) is 0.303. The number of nitrogens with one attached hydrogen (secondary N) is 1. The van der Waals surface area contributed by atoms with Crippen molar-refractivity contribution in [2.75, 3.05) is 5.32 Å². The fourth-order valence-corrected chi connectivity index (χ4v) is 3.78. The van der Waals surface area contributed by atoms with Gasteiger partial charge in [0.1, 0.15) is 27.1 Å². The van der Waals surface area contributed by atoms with Crippen LogP contribution in [-0.4, -0.2) is 20.6 Å². The van der Waals surface area contributed by atoms with Gasteiger partial charge in [-0.2, -0.15) is 18.3 Å². The smallest absolute Gasteiger partial charge is 0.313 e. The molecule has 2 heterocycles. The molecule has 0 bridgehead atoms. The van der Waals surface area contributed by atoms with Crippen LogP contribution < -0.4 is 5.32 Å². The number of thiophene rings is 1. The van der Waals surface area contributed by atoms with Gasteiger partial charge < -0.3 is 5.32 Å². The minimum Gasteiger partial charge on any atom is -0.313 e. The van der Waals surface area contributed by atoms with Gasteiger partial charge in [0, 0.05) is 6.04 Å². The molecule has 0 spiro atoms. The van der Waals surface area contributed by atoms with E-state index >= 15 is 0 Å². The van der Waals surface area contributed by atoms with Crippen LogP contribution in [-0.2, 0) is 6.18 Å². The number of nitrogens with zero attached hydrogens (tertiary/aromatic N) is 3. The maximum absolute atomic E-state index is 13.8. The van der Waals surface area contributed by atoms with Gasteiger partial charge in [0.25, 0.3) is 11.6 Å². The number of carbonyl (C=O) groups is 1. The standard InChI is InChI=1S/C18H13F5N4O3S/c1-8(2)26-11(6-13(25-26)18(21,22)23)16-12(27(29)30)7-14(31-16)24-17(28)15-9(19)4-3-5-10(15)20/h3-8H,1-2H3,(H,24,28). The monoisotopic (exact) mass is 460 g/mol. The zero-order valence-electron chi connectivity index (χ0n) is 15.8. The molecule has 0 saturated heterocycles. The fourth-order valence-electron chi connectivity index (χ4n) is 2.75. The largest absolute Gasteiger partial charge is 0.435 e. The van der Waals surface area contributed by atoms with Crippen LogP contribution in [0.1, 0.15) is 35.9 Å². The predicted octanol–water partition coefficient (Wildman–Crippen LogP) is 5.65. The second kappa shape index (κ2) is 8.06. The van der Waals surface area contributed by atoms with Gasteiger partial charge in [-0.05, 0) is 32.0 Å². The van der Waals surface area contributed by atoms with Gasteiger partial charge in [0.15, 0.2) is 5.69 Å². The van der Waals surface area contributed by atoms with E-state index in [-0.39, 0.29) is 15.6 Å². The van der Waals surface area contributed by atoms with E-state index in [0.29, 0.717) is 17.4 Å².